The number of piperazine rings is 1. The molecule has 2 aliphatic rings. The van der Waals surface area contributed by atoms with Crippen LogP contribution in [0.1, 0.15) is 24.4 Å². The molecule has 9 heteroatoms. The molecule has 1 aliphatic heterocycles. The smallest absolute Gasteiger partial charge is 0.233 e. The van der Waals surface area contributed by atoms with Gasteiger partial charge < -0.3 is 4.90 Å². The molecule has 1 amide bonds. The number of nitrogens with zero attached hydrogens (tertiary/aromatic N) is 6. The molecule has 3 aromatic rings. The maximum atomic E-state index is 13.9. The van der Waals surface area contributed by atoms with Crippen molar-refractivity contribution >= 4 is 17.7 Å². The lowest BCUT2D eigenvalue weighted by Crippen LogP contribution is -2.48. The second-order valence-electron chi connectivity index (χ2n) is 8.19. The number of pyridine rings is 1. The zero-order valence-electron chi connectivity index (χ0n) is 17.7. The van der Waals surface area contributed by atoms with E-state index in [1.807, 2.05) is 29.2 Å². The summed E-state index contributed by atoms with van der Waals surface area (Å²) in [6.07, 6.45) is 5.75. The van der Waals surface area contributed by atoms with Gasteiger partial charge in [0.15, 0.2) is 11.0 Å². The highest BCUT2D eigenvalue weighted by molar-refractivity contribution is 7.99. The van der Waals surface area contributed by atoms with Crippen LogP contribution >= 0.6 is 11.8 Å². The number of hydrogen-bond donors (Lipinski definition) is 0. The summed E-state index contributed by atoms with van der Waals surface area (Å²) in [6.45, 7) is 3.38. The van der Waals surface area contributed by atoms with E-state index in [0.717, 1.165) is 42.5 Å². The van der Waals surface area contributed by atoms with E-state index >= 15 is 0 Å². The van der Waals surface area contributed by atoms with Crippen LogP contribution in [0.15, 0.2) is 53.9 Å². The fraction of sp³-hybridized carbons (Fsp3) is 0.391. The highest BCUT2D eigenvalue weighted by Crippen LogP contribution is 2.40. The monoisotopic (exact) mass is 452 g/mol. The highest BCUT2D eigenvalue weighted by Gasteiger charge is 2.31. The molecule has 0 radical (unpaired) electrons. The number of aromatic nitrogens is 4. The van der Waals surface area contributed by atoms with E-state index in [4.69, 9.17) is 0 Å². The molecule has 0 bridgehead atoms. The van der Waals surface area contributed by atoms with Gasteiger partial charge in [0.2, 0.25) is 5.91 Å². The number of halogens is 1. The Morgan fingerprint density at radius 1 is 1.06 bits per heavy atom. The lowest BCUT2D eigenvalue weighted by molar-refractivity contribution is -0.130. The molecule has 3 heterocycles. The number of thioether (sulfide) groups is 1. The largest absolute Gasteiger partial charge is 0.339 e. The van der Waals surface area contributed by atoms with E-state index in [1.54, 1.807) is 18.5 Å². The number of carbonyl (C=O) groups is 1. The molecule has 7 nitrogen and oxygen atoms in total. The average molecular weight is 453 g/mol. The number of benzene rings is 1. The molecule has 1 saturated carbocycles. The van der Waals surface area contributed by atoms with Crippen molar-refractivity contribution in [2.24, 2.45) is 0 Å². The number of hydrogen-bond acceptors (Lipinski definition) is 6. The molecule has 166 valence electrons. The van der Waals surface area contributed by atoms with Gasteiger partial charge in [0.05, 0.1) is 5.75 Å². The zero-order valence-corrected chi connectivity index (χ0v) is 18.5. The second-order valence-corrected chi connectivity index (χ2v) is 9.13. The van der Waals surface area contributed by atoms with Crippen molar-refractivity contribution in [3.8, 4) is 11.4 Å². The summed E-state index contributed by atoms with van der Waals surface area (Å²) in [5.41, 5.74) is 1.64. The van der Waals surface area contributed by atoms with Gasteiger partial charge >= 0.3 is 0 Å². The number of carbonyl (C=O) groups excluding carboxylic acids is 1. The molecular formula is C23H25FN6OS. The first-order valence-electron chi connectivity index (χ1n) is 10.9. The normalized spacial score (nSPS) is 17.0. The minimum absolute atomic E-state index is 0.105. The van der Waals surface area contributed by atoms with E-state index in [9.17, 15) is 9.18 Å². The summed E-state index contributed by atoms with van der Waals surface area (Å²) in [5.74, 6) is 1.09. The minimum Gasteiger partial charge on any atom is -0.339 e. The maximum absolute atomic E-state index is 13.9. The Balaban J connectivity index is 1.17. The van der Waals surface area contributed by atoms with Crippen LogP contribution in [0.5, 0.6) is 0 Å². The van der Waals surface area contributed by atoms with Crippen molar-refractivity contribution in [2.45, 2.75) is 30.6 Å². The molecule has 1 aliphatic carbocycles. The van der Waals surface area contributed by atoms with Crippen LogP contribution in [-0.2, 0) is 11.3 Å². The quantitative estimate of drug-likeness (QED) is 0.513. The van der Waals surface area contributed by atoms with Gasteiger partial charge in [0.25, 0.3) is 0 Å². The van der Waals surface area contributed by atoms with E-state index < -0.39 is 0 Å². The van der Waals surface area contributed by atoms with Gasteiger partial charge in [-0.15, -0.1) is 10.2 Å². The van der Waals surface area contributed by atoms with Crippen LogP contribution in [-0.4, -0.2) is 67.4 Å². The Labute approximate surface area is 190 Å². The third kappa shape index (κ3) is 4.68. The molecule has 0 atom stereocenters. The molecule has 1 aromatic carbocycles. The Bertz CT molecular complexity index is 1080. The Morgan fingerprint density at radius 3 is 2.59 bits per heavy atom. The first-order valence-corrected chi connectivity index (χ1v) is 11.9. The first kappa shape index (κ1) is 21.1. The van der Waals surface area contributed by atoms with Crippen molar-refractivity contribution in [3.63, 3.8) is 0 Å². The summed E-state index contributed by atoms with van der Waals surface area (Å²) in [7, 11) is 0. The Morgan fingerprint density at radius 2 is 1.88 bits per heavy atom. The lowest BCUT2D eigenvalue weighted by atomic mass is 10.2. The predicted molar refractivity (Wildman–Crippen MR) is 121 cm³/mol. The van der Waals surface area contributed by atoms with E-state index in [-0.39, 0.29) is 11.7 Å². The Kier molecular flexibility index (Phi) is 6.18. The van der Waals surface area contributed by atoms with Gasteiger partial charge in [-0.3, -0.25) is 19.2 Å². The fourth-order valence-electron chi connectivity index (χ4n) is 3.97. The molecule has 0 N–H and O–H groups in total. The number of rotatable bonds is 7. The van der Waals surface area contributed by atoms with Gasteiger partial charge in [-0.25, -0.2) is 4.39 Å². The summed E-state index contributed by atoms with van der Waals surface area (Å²) >= 11 is 1.45. The van der Waals surface area contributed by atoms with E-state index in [1.165, 1.54) is 17.8 Å². The molecule has 32 heavy (non-hydrogen) atoms. The fourth-order valence-corrected chi connectivity index (χ4v) is 4.88. The summed E-state index contributed by atoms with van der Waals surface area (Å²) in [6, 6.07) is 11.2. The van der Waals surface area contributed by atoms with E-state index in [0.29, 0.717) is 37.0 Å². The van der Waals surface area contributed by atoms with Crippen LogP contribution in [0.2, 0.25) is 0 Å². The molecule has 2 fully saturated rings. The van der Waals surface area contributed by atoms with Gasteiger partial charge in [-0.1, -0.05) is 30.0 Å². The van der Waals surface area contributed by atoms with Crippen molar-refractivity contribution in [1.29, 1.82) is 0 Å². The SMILES string of the molecule is O=C(CSc1nnc(-c2cccnc2)n1C1CC1)N1CCN(Cc2ccccc2F)CC1. The molecule has 0 spiro atoms. The molecule has 2 aromatic heterocycles. The maximum Gasteiger partial charge on any atom is 0.233 e. The topological polar surface area (TPSA) is 67.2 Å². The van der Waals surface area contributed by atoms with Crippen molar-refractivity contribution < 1.29 is 9.18 Å². The zero-order chi connectivity index (χ0) is 21.9. The van der Waals surface area contributed by atoms with Gasteiger partial charge in [-0.05, 0) is 31.0 Å². The summed E-state index contributed by atoms with van der Waals surface area (Å²) in [4.78, 5) is 21.1. The van der Waals surface area contributed by atoms with Gasteiger partial charge in [0.1, 0.15) is 5.82 Å². The van der Waals surface area contributed by atoms with E-state index in [2.05, 4.69) is 24.6 Å². The molecule has 5 rings (SSSR count). The van der Waals surface area contributed by atoms with Gasteiger partial charge in [-0.2, -0.15) is 0 Å². The third-order valence-corrected chi connectivity index (χ3v) is 6.83. The standard InChI is InChI=1S/C23H25FN6OS/c24-20-6-2-1-4-18(20)15-28-10-12-29(13-11-28)21(31)16-32-23-27-26-22(30(23)19-7-8-19)17-5-3-9-25-14-17/h1-6,9,14,19H,7-8,10-13,15-16H2. The van der Waals surface area contributed by atoms with Crippen molar-refractivity contribution in [1.82, 2.24) is 29.5 Å². The van der Waals surface area contributed by atoms with Crippen LogP contribution in [0, 0.1) is 5.82 Å². The first-order chi connectivity index (χ1) is 15.7. The lowest BCUT2D eigenvalue weighted by Gasteiger charge is -2.34. The second kappa shape index (κ2) is 9.38. The minimum atomic E-state index is -0.173. The van der Waals surface area contributed by atoms with Crippen LogP contribution in [0.25, 0.3) is 11.4 Å². The summed E-state index contributed by atoms with van der Waals surface area (Å²) < 4.78 is 16.1. The molecule has 0 unspecified atom stereocenters. The van der Waals surface area contributed by atoms with Crippen molar-refractivity contribution in [3.05, 3.63) is 60.2 Å². The molecular weight excluding hydrogens is 427 g/mol. The average Bonchev–Trinajstić information content (AvgIpc) is 3.58. The van der Waals surface area contributed by atoms with Crippen LogP contribution in [0.3, 0.4) is 0 Å². The van der Waals surface area contributed by atoms with Crippen molar-refractivity contribution in [2.75, 3.05) is 31.9 Å². The molecule has 1 saturated heterocycles. The Hall–Kier alpha value is -2.78. The predicted octanol–water partition coefficient (Wildman–Crippen LogP) is 3.25. The van der Waals surface area contributed by atoms with Crippen LogP contribution in [0.4, 0.5) is 4.39 Å². The number of amides is 1. The van der Waals surface area contributed by atoms with Crippen LogP contribution < -0.4 is 0 Å². The third-order valence-electron chi connectivity index (χ3n) is 5.90. The highest BCUT2D eigenvalue weighted by atomic mass is 32.2. The summed E-state index contributed by atoms with van der Waals surface area (Å²) in [5, 5.41) is 9.55. The van der Waals surface area contributed by atoms with Gasteiger partial charge in [0, 0.05) is 62.3 Å².